The number of aryl methyl sites for hydroxylation is 1. The molecule has 4 heteroatoms. The second kappa shape index (κ2) is 6.61. The van der Waals surface area contributed by atoms with Gasteiger partial charge >= 0.3 is 0 Å². The van der Waals surface area contributed by atoms with Gasteiger partial charge in [-0.2, -0.15) is 0 Å². The van der Waals surface area contributed by atoms with Gasteiger partial charge in [-0.15, -0.1) is 0 Å². The molecule has 0 aliphatic heterocycles. The number of rotatable bonds is 6. The summed E-state index contributed by atoms with van der Waals surface area (Å²) in [6.45, 7) is 2.96. The van der Waals surface area contributed by atoms with E-state index in [0.717, 1.165) is 17.1 Å². The third-order valence-corrected chi connectivity index (χ3v) is 2.87. The van der Waals surface area contributed by atoms with Gasteiger partial charge in [-0.25, -0.2) is 0 Å². The van der Waals surface area contributed by atoms with E-state index in [4.69, 9.17) is 20.6 Å². The molecule has 0 amide bonds. The number of ether oxygens (including phenoxy) is 2. The molecule has 0 bridgehead atoms. The van der Waals surface area contributed by atoms with Gasteiger partial charge in [-0.3, -0.25) is 5.41 Å². The van der Waals surface area contributed by atoms with Crippen LogP contribution < -0.4 is 15.2 Å². The third-order valence-electron chi connectivity index (χ3n) is 2.87. The Morgan fingerprint density at radius 3 is 2.30 bits per heavy atom. The minimum Gasteiger partial charge on any atom is -0.490 e. The number of nitrogen functional groups attached to an aromatic ring is 1. The van der Waals surface area contributed by atoms with Crippen LogP contribution in [0.5, 0.6) is 11.5 Å². The normalized spacial score (nSPS) is 10.1. The highest BCUT2D eigenvalue weighted by Gasteiger charge is 1.99. The molecule has 104 valence electrons. The monoisotopic (exact) mass is 270 g/mol. The molecule has 0 saturated carbocycles. The summed E-state index contributed by atoms with van der Waals surface area (Å²) in [5.74, 6) is 1.67. The van der Waals surface area contributed by atoms with E-state index in [1.54, 1.807) is 24.3 Å². The first-order chi connectivity index (χ1) is 9.66. The van der Waals surface area contributed by atoms with Crippen LogP contribution in [0.3, 0.4) is 0 Å². The molecule has 2 rings (SSSR count). The van der Waals surface area contributed by atoms with Gasteiger partial charge in [-0.1, -0.05) is 18.2 Å². The number of benzene rings is 2. The topological polar surface area (TPSA) is 68.3 Å². The lowest BCUT2D eigenvalue weighted by atomic mass is 10.2. The van der Waals surface area contributed by atoms with Crippen LogP contribution in [0.1, 0.15) is 11.1 Å². The van der Waals surface area contributed by atoms with E-state index >= 15 is 0 Å². The molecule has 20 heavy (non-hydrogen) atoms. The van der Waals surface area contributed by atoms with Gasteiger partial charge in [0.05, 0.1) is 0 Å². The van der Waals surface area contributed by atoms with Crippen LogP contribution in [-0.4, -0.2) is 19.0 Å². The lowest BCUT2D eigenvalue weighted by Gasteiger charge is -2.10. The fraction of sp³-hybridized carbons (Fsp3) is 0.188. The molecule has 2 aromatic carbocycles. The molecule has 0 aromatic heterocycles. The Labute approximate surface area is 118 Å². The third kappa shape index (κ3) is 3.75. The van der Waals surface area contributed by atoms with Crippen molar-refractivity contribution in [2.24, 2.45) is 5.73 Å². The Balaban J connectivity index is 1.79. The Morgan fingerprint density at radius 2 is 1.65 bits per heavy atom. The summed E-state index contributed by atoms with van der Waals surface area (Å²) >= 11 is 0. The van der Waals surface area contributed by atoms with Crippen LogP contribution in [0.15, 0.2) is 48.5 Å². The first-order valence-corrected chi connectivity index (χ1v) is 6.42. The standard InChI is InChI=1S/C16H18N2O2/c1-12-4-2-3-5-15(12)20-11-10-19-14-8-6-13(7-9-14)16(17)18/h2-9H,10-11H2,1H3,(H3,17,18). The molecule has 0 atom stereocenters. The lowest BCUT2D eigenvalue weighted by Crippen LogP contribution is -2.11. The number of amidine groups is 1. The molecule has 0 aliphatic rings. The number of hydrogen-bond donors (Lipinski definition) is 2. The molecule has 0 radical (unpaired) electrons. The van der Waals surface area contributed by atoms with Crippen molar-refractivity contribution in [1.29, 1.82) is 5.41 Å². The Kier molecular flexibility index (Phi) is 4.60. The zero-order chi connectivity index (χ0) is 14.4. The summed E-state index contributed by atoms with van der Waals surface area (Å²) in [7, 11) is 0. The minimum atomic E-state index is 0.0550. The Bertz CT molecular complexity index is 579. The second-order valence-corrected chi connectivity index (χ2v) is 4.40. The zero-order valence-corrected chi connectivity index (χ0v) is 11.4. The summed E-state index contributed by atoms with van der Waals surface area (Å²) in [4.78, 5) is 0. The van der Waals surface area contributed by atoms with Gasteiger partial charge in [0, 0.05) is 5.56 Å². The molecular formula is C16H18N2O2. The van der Waals surface area contributed by atoms with E-state index < -0.39 is 0 Å². The highest BCUT2D eigenvalue weighted by Crippen LogP contribution is 2.16. The molecule has 2 aromatic rings. The summed E-state index contributed by atoms with van der Waals surface area (Å²) in [5, 5.41) is 7.31. The van der Waals surface area contributed by atoms with E-state index in [-0.39, 0.29) is 5.84 Å². The molecule has 4 nitrogen and oxygen atoms in total. The average molecular weight is 270 g/mol. The Morgan fingerprint density at radius 1 is 1.00 bits per heavy atom. The van der Waals surface area contributed by atoms with E-state index in [1.807, 2.05) is 31.2 Å². The molecule has 0 fully saturated rings. The van der Waals surface area contributed by atoms with Gasteiger partial charge in [0.2, 0.25) is 0 Å². The molecule has 0 spiro atoms. The van der Waals surface area contributed by atoms with Crippen LogP contribution >= 0.6 is 0 Å². The quantitative estimate of drug-likeness (QED) is 0.482. The fourth-order valence-corrected chi connectivity index (χ4v) is 1.76. The maximum Gasteiger partial charge on any atom is 0.122 e. The predicted octanol–water partition coefficient (Wildman–Crippen LogP) is 2.74. The van der Waals surface area contributed by atoms with E-state index in [2.05, 4.69) is 0 Å². The average Bonchev–Trinajstić information content (AvgIpc) is 2.46. The minimum absolute atomic E-state index is 0.0550. The highest BCUT2D eigenvalue weighted by atomic mass is 16.5. The first-order valence-electron chi connectivity index (χ1n) is 6.42. The van der Waals surface area contributed by atoms with Gasteiger partial charge in [0.1, 0.15) is 30.5 Å². The van der Waals surface area contributed by atoms with Crippen LogP contribution in [0.4, 0.5) is 0 Å². The van der Waals surface area contributed by atoms with Crippen LogP contribution in [0, 0.1) is 12.3 Å². The summed E-state index contributed by atoms with van der Waals surface area (Å²) in [5.41, 5.74) is 7.18. The van der Waals surface area contributed by atoms with Crippen molar-refractivity contribution in [3.8, 4) is 11.5 Å². The molecule has 0 heterocycles. The molecular weight excluding hydrogens is 252 g/mol. The maximum absolute atomic E-state index is 7.31. The summed E-state index contributed by atoms with van der Waals surface area (Å²) in [6.07, 6.45) is 0. The second-order valence-electron chi connectivity index (χ2n) is 4.40. The predicted molar refractivity (Wildman–Crippen MR) is 79.6 cm³/mol. The van der Waals surface area contributed by atoms with Crippen LogP contribution in [-0.2, 0) is 0 Å². The number of nitrogens with two attached hydrogens (primary N) is 1. The lowest BCUT2D eigenvalue weighted by molar-refractivity contribution is 0.216. The van der Waals surface area contributed by atoms with Crippen molar-refractivity contribution < 1.29 is 9.47 Å². The van der Waals surface area contributed by atoms with Crippen molar-refractivity contribution >= 4 is 5.84 Å². The largest absolute Gasteiger partial charge is 0.490 e. The highest BCUT2D eigenvalue weighted by molar-refractivity contribution is 5.94. The van der Waals surface area contributed by atoms with Gasteiger partial charge in [-0.05, 0) is 42.8 Å². The summed E-state index contributed by atoms with van der Waals surface area (Å²) in [6, 6.07) is 15.0. The first kappa shape index (κ1) is 13.9. The van der Waals surface area contributed by atoms with Crippen molar-refractivity contribution in [3.05, 3.63) is 59.7 Å². The Hall–Kier alpha value is -2.49. The van der Waals surface area contributed by atoms with Gasteiger partial charge < -0.3 is 15.2 Å². The smallest absolute Gasteiger partial charge is 0.122 e. The van der Waals surface area contributed by atoms with Gasteiger partial charge in [0.15, 0.2) is 0 Å². The van der Waals surface area contributed by atoms with Crippen molar-refractivity contribution in [2.75, 3.05) is 13.2 Å². The maximum atomic E-state index is 7.31. The number of hydrogen-bond acceptors (Lipinski definition) is 3. The van der Waals surface area contributed by atoms with E-state index in [9.17, 15) is 0 Å². The molecule has 0 aliphatic carbocycles. The van der Waals surface area contributed by atoms with Crippen LogP contribution in [0.2, 0.25) is 0 Å². The zero-order valence-electron chi connectivity index (χ0n) is 11.4. The van der Waals surface area contributed by atoms with E-state index in [0.29, 0.717) is 18.8 Å². The van der Waals surface area contributed by atoms with Crippen molar-refractivity contribution in [1.82, 2.24) is 0 Å². The SMILES string of the molecule is Cc1ccccc1OCCOc1ccc(C(=N)N)cc1. The van der Waals surface area contributed by atoms with Gasteiger partial charge in [0.25, 0.3) is 0 Å². The summed E-state index contributed by atoms with van der Waals surface area (Å²) < 4.78 is 11.2. The van der Waals surface area contributed by atoms with Crippen molar-refractivity contribution in [3.63, 3.8) is 0 Å². The molecule has 3 N–H and O–H groups in total. The van der Waals surface area contributed by atoms with Crippen LogP contribution in [0.25, 0.3) is 0 Å². The molecule has 0 saturated heterocycles. The fourth-order valence-electron chi connectivity index (χ4n) is 1.76. The number of para-hydroxylation sites is 1. The van der Waals surface area contributed by atoms with E-state index in [1.165, 1.54) is 0 Å². The van der Waals surface area contributed by atoms with Crippen molar-refractivity contribution in [2.45, 2.75) is 6.92 Å². The number of nitrogens with one attached hydrogen (secondary N) is 1. The molecule has 0 unspecified atom stereocenters.